The molecule has 0 bridgehead atoms. The highest BCUT2D eigenvalue weighted by molar-refractivity contribution is 7.20. The number of nitrogens with zero attached hydrogens (tertiary/aromatic N) is 3. The Morgan fingerprint density at radius 3 is 2.79 bits per heavy atom. The van der Waals surface area contributed by atoms with Gasteiger partial charge in [-0.1, -0.05) is 30.3 Å². The first kappa shape index (κ1) is 15.0. The summed E-state index contributed by atoms with van der Waals surface area (Å²) in [5.74, 6) is -0.135. The van der Waals surface area contributed by atoms with Gasteiger partial charge >= 0.3 is 0 Å². The molecule has 0 saturated carbocycles. The number of anilines is 1. The summed E-state index contributed by atoms with van der Waals surface area (Å²) in [6, 6.07) is 11.8. The van der Waals surface area contributed by atoms with Gasteiger partial charge in [-0.25, -0.2) is 4.98 Å². The number of aromatic nitrogens is 3. The Balaban J connectivity index is 1.57. The molecule has 24 heavy (non-hydrogen) atoms. The van der Waals surface area contributed by atoms with Crippen LogP contribution in [0.2, 0.25) is 0 Å². The third kappa shape index (κ3) is 2.61. The molecule has 120 valence electrons. The van der Waals surface area contributed by atoms with E-state index in [4.69, 9.17) is 0 Å². The van der Waals surface area contributed by atoms with Gasteiger partial charge in [0, 0.05) is 23.4 Å². The molecule has 0 aliphatic rings. The van der Waals surface area contributed by atoms with Crippen molar-refractivity contribution in [3.63, 3.8) is 0 Å². The van der Waals surface area contributed by atoms with Gasteiger partial charge in [-0.3, -0.25) is 14.8 Å². The molecule has 0 unspecified atom stereocenters. The van der Waals surface area contributed by atoms with Gasteiger partial charge < -0.3 is 0 Å². The topological polar surface area (TPSA) is 59.8 Å². The number of carbonyl (C=O) groups excluding carboxylic acids is 1. The zero-order chi connectivity index (χ0) is 16.7. The number of fused-ring (bicyclic) bond motifs is 1. The number of thiazole rings is 1. The van der Waals surface area contributed by atoms with Gasteiger partial charge in [0.05, 0.1) is 16.3 Å². The molecule has 0 aliphatic heterocycles. The normalized spacial score (nSPS) is 11.1. The van der Waals surface area contributed by atoms with Crippen molar-refractivity contribution in [1.82, 2.24) is 14.8 Å². The Labute approximate surface area is 146 Å². The third-order valence-corrected chi connectivity index (χ3v) is 5.67. The Morgan fingerprint density at radius 2 is 2.04 bits per heavy atom. The third-order valence-electron chi connectivity index (χ3n) is 3.71. The van der Waals surface area contributed by atoms with Gasteiger partial charge in [-0.15, -0.1) is 22.7 Å². The fourth-order valence-electron chi connectivity index (χ4n) is 2.55. The zero-order valence-corrected chi connectivity index (χ0v) is 14.7. The number of hydrogen-bond donors (Lipinski definition) is 1. The van der Waals surface area contributed by atoms with E-state index in [1.54, 1.807) is 0 Å². The highest BCUT2D eigenvalue weighted by atomic mass is 32.1. The number of rotatable bonds is 3. The van der Waals surface area contributed by atoms with Gasteiger partial charge in [0.25, 0.3) is 5.91 Å². The molecule has 3 aromatic heterocycles. The lowest BCUT2D eigenvalue weighted by Crippen LogP contribution is -2.09. The maximum atomic E-state index is 12.5. The summed E-state index contributed by atoms with van der Waals surface area (Å²) in [7, 11) is 1.89. The lowest BCUT2D eigenvalue weighted by molar-refractivity contribution is 0.103. The molecule has 0 saturated heterocycles. The standard InChI is InChI=1S/C17H14N4OS2/c1-10-12-8-14(24-16(12)21(2)20-10)15(22)19-17-18-13(9-23-17)11-6-4-3-5-7-11/h3-9H,1-2H3,(H,18,19,22). The van der Waals surface area contributed by atoms with E-state index in [0.717, 1.165) is 27.2 Å². The quantitative estimate of drug-likeness (QED) is 0.596. The van der Waals surface area contributed by atoms with Crippen LogP contribution in [0.15, 0.2) is 41.8 Å². The summed E-state index contributed by atoms with van der Waals surface area (Å²) in [6.45, 7) is 1.95. The predicted octanol–water partition coefficient (Wildman–Crippen LogP) is 4.32. The van der Waals surface area contributed by atoms with Crippen molar-refractivity contribution < 1.29 is 4.79 Å². The smallest absolute Gasteiger partial charge is 0.267 e. The second-order valence-electron chi connectivity index (χ2n) is 5.40. The monoisotopic (exact) mass is 354 g/mol. The van der Waals surface area contributed by atoms with Crippen molar-refractivity contribution >= 4 is 43.9 Å². The molecule has 0 aliphatic carbocycles. The number of hydrogen-bond acceptors (Lipinski definition) is 5. The number of thiophene rings is 1. The van der Waals surface area contributed by atoms with E-state index in [1.165, 1.54) is 22.7 Å². The van der Waals surface area contributed by atoms with Crippen molar-refractivity contribution in [2.45, 2.75) is 6.92 Å². The van der Waals surface area contributed by atoms with E-state index >= 15 is 0 Å². The minimum absolute atomic E-state index is 0.135. The minimum Gasteiger partial charge on any atom is -0.297 e. The summed E-state index contributed by atoms with van der Waals surface area (Å²) < 4.78 is 1.81. The summed E-state index contributed by atoms with van der Waals surface area (Å²) in [5, 5.41) is 10.8. The van der Waals surface area contributed by atoms with Gasteiger partial charge in [0.1, 0.15) is 4.83 Å². The molecule has 0 radical (unpaired) electrons. The largest absolute Gasteiger partial charge is 0.297 e. The van der Waals surface area contributed by atoms with Gasteiger partial charge in [0.2, 0.25) is 0 Å². The molecule has 4 aromatic rings. The van der Waals surface area contributed by atoms with Crippen molar-refractivity contribution in [2.24, 2.45) is 7.05 Å². The fourth-order valence-corrected chi connectivity index (χ4v) is 4.28. The Bertz CT molecular complexity index is 995. The number of carbonyl (C=O) groups is 1. The van der Waals surface area contributed by atoms with Crippen molar-refractivity contribution in [3.05, 3.63) is 52.3 Å². The molecule has 5 nitrogen and oxygen atoms in total. The highest BCUT2D eigenvalue weighted by Crippen LogP contribution is 2.29. The minimum atomic E-state index is -0.135. The first-order valence-electron chi connectivity index (χ1n) is 7.37. The molecule has 3 heterocycles. The van der Waals surface area contributed by atoms with Gasteiger partial charge in [0.15, 0.2) is 5.13 Å². The molecular weight excluding hydrogens is 340 g/mol. The zero-order valence-electron chi connectivity index (χ0n) is 13.1. The van der Waals surface area contributed by atoms with Crippen LogP contribution in [0.1, 0.15) is 15.4 Å². The summed E-state index contributed by atoms with van der Waals surface area (Å²) in [4.78, 5) is 18.6. The van der Waals surface area contributed by atoms with Crippen molar-refractivity contribution in [1.29, 1.82) is 0 Å². The van der Waals surface area contributed by atoms with Crippen LogP contribution in [0.5, 0.6) is 0 Å². The maximum Gasteiger partial charge on any atom is 0.267 e. The summed E-state index contributed by atoms with van der Waals surface area (Å²) in [6.07, 6.45) is 0. The average molecular weight is 354 g/mol. The summed E-state index contributed by atoms with van der Waals surface area (Å²) in [5.41, 5.74) is 2.84. The van der Waals surface area contributed by atoms with Crippen LogP contribution in [0.25, 0.3) is 21.5 Å². The van der Waals surface area contributed by atoms with Crippen LogP contribution in [0.3, 0.4) is 0 Å². The molecule has 0 spiro atoms. The second-order valence-corrected chi connectivity index (χ2v) is 7.29. The van der Waals surface area contributed by atoms with Crippen LogP contribution in [-0.2, 0) is 7.05 Å². The average Bonchev–Trinajstić information content (AvgIpc) is 3.27. The lowest BCUT2D eigenvalue weighted by atomic mass is 10.2. The fraction of sp³-hybridized carbons (Fsp3) is 0.118. The predicted molar refractivity (Wildman–Crippen MR) is 98.8 cm³/mol. The first-order chi connectivity index (χ1) is 11.6. The molecule has 7 heteroatoms. The van der Waals surface area contributed by atoms with Crippen LogP contribution < -0.4 is 5.32 Å². The molecular formula is C17H14N4OS2. The molecule has 4 rings (SSSR count). The van der Waals surface area contributed by atoms with Crippen LogP contribution in [0.4, 0.5) is 5.13 Å². The van der Waals surface area contributed by atoms with Crippen molar-refractivity contribution in [3.8, 4) is 11.3 Å². The second kappa shape index (κ2) is 5.85. The van der Waals surface area contributed by atoms with Gasteiger partial charge in [-0.2, -0.15) is 5.10 Å². The molecule has 1 amide bonds. The number of benzene rings is 1. The van der Waals surface area contributed by atoms with E-state index in [9.17, 15) is 4.79 Å². The van der Waals surface area contributed by atoms with Crippen LogP contribution >= 0.6 is 22.7 Å². The molecule has 1 N–H and O–H groups in total. The van der Waals surface area contributed by atoms with E-state index in [-0.39, 0.29) is 5.91 Å². The van der Waals surface area contributed by atoms with E-state index in [0.29, 0.717) is 10.0 Å². The van der Waals surface area contributed by atoms with Crippen LogP contribution in [0, 0.1) is 6.92 Å². The Hall–Kier alpha value is -2.51. The molecule has 1 aromatic carbocycles. The number of amides is 1. The van der Waals surface area contributed by atoms with E-state index < -0.39 is 0 Å². The van der Waals surface area contributed by atoms with E-state index in [2.05, 4.69) is 15.4 Å². The molecule has 0 fully saturated rings. The lowest BCUT2D eigenvalue weighted by Gasteiger charge is -1.98. The maximum absolute atomic E-state index is 12.5. The number of aryl methyl sites for hydroxylation is 2. The SMILES string of the molecule is Cc1nn(C)c2sc(C(=O)Nc3nc(-c4ccccc4)cs3)cc12. The Morgan fingerprint density at radius 1 is 1.25 bits per heavy atom. The van der Waals surface area contributed by atoms with Crippen LogP contribution in [-0.4, -0.2) is 20.7 Å². The van der Waals surface area contributed by atoms with Gasteiger partial charge in [-0.05, 0) is 13.0 Å². The first-order valence-corrected chi connectivity index (χ1v) is 9.07. The number of nitrogens with one attached hydrogen (secondary N) is 1. The Kier molecular flexibility index (Phi) is 3.66. The van der Waals surface area contributed by atoms with E-state index in [1.807, 2.05) is 60.4 Å². The summed E-state index contributed by atoms with van der Waals surface area (Å²) >= 11 is 2.87. The molecule has 0 atom stereocenters. The van der Waals surface area contributed by atoms with Crippen molar-refractivity contribution in [2.75, 3.05) is 5.32 Å². The highest BCUT2D eigenvalue weighted by Gasteiger charge is 2.16.